The number of nitrogens with zero attached hydrogens (tertiary/aromatic N) is 4. The minimum Gasteiger partial charge on any atom is -0.474 e. The third-order valence-electron chi connectivity index (χ3n) is 8.01. The molecule has 0 radical (unpaired) electrons. The number of hydrogen-bond acceptors (Lipinski definition) is 10. The number of carbonyl (C=O) groups excluding carboxylic acids is 3. The first kappa shape index (κ1) is 35.9. The van der Waals surface area contributed by atoms with Crippen molar-refractivity contribution in [2.45, 2.75) is 84.7 Å². The number of amides is 4. The highest BCUT2D eigenvalue weighted by atomic mass is 19.1. The van der Waals surface area contributed by atoms with Crippen LogP contribution in [0.25, 0.3) is 21.9 Å². The lowest BCUT2D eigenvalue weighted by Crippen LogP contribution is -2.50. The van der Waals surface area contributed by atoms with E-state index in [0.29, 0.717) is 23.8 Å². The maximum absolute atomic E-state index is 16.5. The first-order valence-corrected chi connectivity index (χ1v) is 16.0. The van der Waals surface area contributed by atoms with Gasteiger partial charge in [-0.25, -0.2) is 33.5 Å². The summed E-state index contributed by atoms with van der Waals surface area (Å²) in [6.07, 6.45) is -0.308. The van der Waals surface area contributed by atoms with Gasteiger partial charge in [-0.2, -0.15) is 0 Å². The highest BCUT2D eigenvalue weighted by Crippen LogP contribution is 2.42. The van der Waals surface area contributed by atoms with E-state index < -0.39 is 47.5 Å². The summed E-state index contributed by atoms with van der Waals surface area (Å²) in [4.78, 5) is 61.1. The molecule has 1 aliphatic heterocycles. The summed E-state index contributed by atoms with van der Waals surface area (Å²) in [6.45, 7) is 12.1. The molecule has 268 valence electrons. The van der Waals surface area contributed by atoms with Gasteiger partial charge in [0, 0.05) is 54.8 Å². The van der Waals surface area contributed by atoms with Gasteiger partial charge < -0.3 is 29.0 Å². The third-order valence-corrected chi connectivity index (χ3v) is 8.01. The molecular formula is C34H41FN6O9. The fourth-order valence-corrected chi connectivity index (χ4v) is 5.58. The molecule has 15 nitrogen and oxygen atoms in total. The summed E-state index contributed by atoms with van der Waals surface area (Å²) in [5, 5.41) is 15.4. The minimum atomic E-state index is -1.22. The number of rotatable bonds is 5. The topological polar surface area (TPSA) is 182 Å². The van der Waals surface area contributed by atoms with Crippen LogP contribution < -0.4 is 20.3 Å². The normalized spacial score (nSPS) is 17.1. The molecule has 5 rings (SSSR count). The molecule has 2 aliphatic rings. The molecule has 1 aliphatic carbocycles. The average molecular weight is 697 g/mol. The fourth-order valence-electron chi connectivity index (χ4n) is 5.58. The van der Waals surface area contributed by atoms with Crippen molar-refractivity contribution in [3.05, 3.63) is 35.9 Å². The Morgan fingerprint density at radius 3 is 2.30 bits per heavy atom. The van der Waals surface area contributed by atoms with Gasteiger partial charge in [-0.15, -0.1) is 0 Å². The summed E-state index contributed by atoms with van der Waals surface area (Å²) in [6, 6.07) is 2.81. The standard InChI is InChI=1S/C34H41FN6O9/c1-17-22(15-37-28-27(17)41(31(44)45)9-10-47-28)21-11-18-12-24(36-16-23(18)26(25(21)35)39-30(43)49-33(2,3)4)38-29(42)48-20-13-19(14-20)40(8)32(46)50-34(5,6)7/h11-12,15-16,19-20H,9-10,13-14H2,1-8H3,(H,39,43)(H,44,45)(H,36,38,42)/t19-,20-. The first-order valence-electron chi connectivity index (χ1n) is 16.0. The number of aromatic nitrogens is 2. The van der Waals surface area contributed by atoms with Crippen LogP contribution in [0.2, 0.25) is 0 Å². The number of halogens is 1. The lowest BCUT2D eigenvalue weighted by molar-refractivity contribution is -0.0195. The molecule has 0 spiro atoms. The number of pyridine rings is 2. The van der Waals surface area contributed by atoms with Crippen molar-refractivity contribution in [3.8, 4) is 17.0 Å². The SMILES string of the molecule is Cc1c(-c2cc3cc(NC(=O)O[C@H]4C[C@H](N(C)C(=O)OC(C)(C)C)C4)ncc3c(NC(=O)OC(C)(C)C)c2F)cnc2c1N(C(=O)O)CCO2. The number of benzene rings is 1. The molecule has 4 amide bonds. The predicted octanol–water partition coefficient (Wildman–Crippen LogP) is 6.91. The van der Waals surface area contributed by atoms with Gasteiger partial charge >= 0.3 is 24.4 Å². The lowest BCUT2D eigenvalue weighted by atomic mass is 9.88. The molecule has 1 aromatic carbocycles. The number of nitrogens with one attached hydrogen (secondary N) is 2. The molecule has 2 aromatic heterocycles. The summed E-state index contributed by atoms with van der Waals surface area (Å²) in [5.74, 6) is -0.669. The largest absolute Gasteiger partial charge is 0.474 e. The zero-order chi connectivity index (χ0) is 36.7. The van der Waals surface area contributed by atoms with Crippen LogP contribution >= 0.6 is 0 Å². The summed E-state index contributed by atoms with van der Waals surface area (Å²) in [7, 11) is 1.63. The van der Waals surface area contributed by atoms with Crippen molar-refractivity contribution in [3.63, 3.8) is 0 Å². The van der Waals surface area contributed by atoms with E-state index in [4.69, 9.17) is 18.9 Å². The Balaban J connectivity index is 1.43. The molecule has 50 heavy (non-hydrogen) atoms. The van der Waals surface area contributed by atoms with Gasteiger partial charge in [0.1, 0.15) is 35.4 Å². The van der Waals surface area contributed by atoms with Crippen molar-refractivity contribution in [1.29, 1.82) is 0 Å². The zero-order valence-corrected chi connectivity index (χ0v) is 29.2. The van der Waals surface area contributed by atoms with Crippen LogP contribution in [0, 0.1) is 12.7 Å². The smallest absolute Gasteiger partial charge is 0.413 e. The zero-order valence-electron chi connectivity index (χ0n) is 29.2. The quantitative estimate of drug-likeness (QED) is 0.236. The van der Waals surface area contributed by atoms with Gasteiger partial charge in [0.2, 0.25) is 5.88 Å². The number of hydrogen-bond donors (Lipinski definition) is 3. The van der Waals surface area contributed by atoms with E-state index >= 15 is 4.39 Å². The van der Waals surface area contributed by atoms with Gasteiger partial charge in [-0.3, -0.25) is 15.5 Å². The van der Waals surface area contributed by atoms with E-state index in [1.807, 2.05) is 0 Å². The van der Waals surface area contributed by atoms with Crippen LogP contribution in [0.1, 0.15) is 59.9 Å². The van der Waals surface area contributed by atoms with Gasteiger partial charge in [0.25, 0.3) is 0 Å². The minimum absolute atomic E-state index is 0.0124. The molecule has 16 heteroatoms. The maximum atomic E-state index is 16.5. The second kappa shape index (κ2) is 13.5. The van der Waals surface area contributed by atoms with Crippen LogP contribution in [0.15, 0.2) is 24.5 Å². The molecule has 0 atom stereocenters. The molecule has 3 heterocycles. The summed E-state index contributed by atoms with van der Waals surface area (Å²) >= 11 is 0. The molecule has 0 unspecified atom stereocenters. The number of ether oxygens (including phenoxy) is 4. The molecule has 0 saturated heterocycles. The maximum Gasteiger partial charge on any atom is 0.413 e. The second-order valence-electron chi connectivity index (χ2n) is 14.1. The molecular weight excluding hydrogens is 655 g/mol. The number of carbonyl (C=O) groups is 4. The van der Waals surface area contributed by atoms with Crippen LogP contribution in [0.4, 0.5) is 40.8 Å². The number of anilines is 3. The first-order chi connectivity index (χ1) is 23.3. The van der Waals surface area contributed by atoms with E-state index in [2.05, 4.69) is 20.6 Å². The van der Waals surface area contributed by atoms with E-state index in [9.17, 15) is 24.3 Å². The van der Waals surface area contributed by atoms with E-state index in [1.54, 1.807) is 55.5 Å². The Kier molecular flexibility index (Phi) is 9.67. The van der Waals surface area contributed by atoms with Crippen molar-refractivity contribution in [2.75, 3.05) is 35.7 Å². The van der Waals surface area contributed by atoms with Crippen molar-refractivity contribution in [2.24, 2.45) is 0 Å². The van der Waals surface area contributed by atoms with Crippen molar-refractivity contribution in [1.82, 2.24) is 14.9 Å². The Hall–Kier alpha value is -5.41. The van der Waals surface area contributed by atoms with Gasteiger partial charge in [-0.1, -0.05) is 0 Å². The molecule has 3 N–H and O–H groups in total. The Labute approximate surface area is 288 Å². The van der Waals surface area contributed by atoms with Crippen LogP contribution in [-0.4, -0.2) is 87.9 Å². The summed E-state index contributed by atoms with van der Waals surface area (Å²) < 4.78 is 38.3. The molecule has 0 bridgehead atoms. The Bertz CT molecular complexity index is 1850. The Morgan fingerprint density at radius 2 is 1.66 bits per heavy atom. The van der Waals surface area contributed by atoms with Gasteiger partial charge in [0.05, 0.1) is 12.2 Å². The average Bonchev–Trinajstić information content (AvgIpc) is 2.98. The number of fused-ring (bicyclic) bond motifs is 2. The van der Waals surface area contributed by atoms with E-state index in [1.165, 1.54) is 29.4 Å². The highest BCUT2D eigenvalue weighted by Gasteiger charge is 2.38. The Morgan fingerprint density at radius 1 is 0.980 bits per heavy atom. The number of carboxylic acid groups (broad SMARTS) is 1. The van der Waals surface area contributed by atoms with E-state index in [0.717, 1.165) is 4.90 Å². The molecule has 1 fully saturated rings. The van der Waals surface area contributed by atoms with Crippen molar-refractivity contribution < 1.29 is 47.6 Å². The second-order valence-corrected chi connectivity index (χ2v) is 14.1. The van der Waals surface area contributed by atoms with Crippen molar-refractivity contribution >= 4 is 52.3 Å². The fraction of sp³-hybridized carbons (Fsp3) is 0.471. The molecule has 1 saturated carbocycles. The van der Waals surface area contributed by atoms with E-state index in [-0.39, 0.29) is 58.8 Å². The lowest BCUT2D eigenvalue weighted by Gasteiger charge is -2.40. The third kappa shape index (κ3) is 7.90. The van der Waals surface area contributed by atoms with Gasteiger partial charge in [0.15, 0.2) is 5.82 Å². The molecule has 3 aromatic rings. The summed E-state index contributed by atoms with van der Waals surface area (Å²) in [5.41, 5.74) is -0.969. The van der Waals surface area contributed by atoms with Crippen LogP contribution in [0.3, 0.4) is 0 Å². The highest BCUT2D eigenvalue weighted by molar-refractivity contribution is 6.05. The van der Waals surface area contributed by atoms with Crippen LogP contribution in [0.5, 0.6) is 5.88 Å². The monoisotopic (exact) mass is 696 g/mol. The van der Waals surface area contributed by atoms with Gasteiger partial charge in [-0.05, 0) is 71.5 Å². The predicted molar refractivity (Wildman–Crippen MR) is 181 cm³/mol. The van der Waals surface area contributed by atoms with Crippen LogP contribution in [-0.2, 0) is 14.2 Å².